The molecule has 0 aliphatic heterocycles. The van der Waals surface area contributed by atoms with Gasteiger partial charge in [-0.3, -0.25) is 4.79 Å². The SMILES string of the molecule is Cc1cc2c(=O)[nH]ccc2cc1OC1CCC(N)(c2c(F)cccc2F)CC1. The van der Waals surface area contributed by atoms with Crippen LogP contribution in [0.15, 0.2) is 47.4 Å². The summed E-state index contributed by atoms with van der Waals surface area (Å²) in [5.74, 6) is -0.486. The van der Waals surface area contributed by atoms with E-state index in [4.69, 9.17) is 10.5 Å². The number of nitrogens with one attached hydrogen (secondary N) is 1. The van der Waals surface area contributed by atoms with E-state index < -0.39 is 17.2 Å². The number of nitrogens with two attached hydrogens (primary N) is 1. The van der Waals surface area contributed by atoms with E-state index in [0.29, 0.717) is 36.8 Å². The predicted molar refractivity (Wildman–Crippen MR) is 104 cm³/mol. The van der Waals surface area contributed by atoms with Crippen LogP contribution in [0, 0.1) is 18.6 Å². The van der Waals surface area contributed by atoms with E-state index in [9.17, 15) is 13.6 Å². The van der Waals surface area contributed by atoms with Crippen LogP contribution in [-0.4, -0.2) is 11.1 Å². The van der Waals surface area contributed by atoms with Gasteiger partial charge >= 0.3 is 0 Å². The molecule has 146 valence electrons. The van der Waals surface area contributed by atoms with Gasteiger partial charge in [-0.25, -0.2) is 8.78 Å². The Morgan fingerprint density at radius 3 is 2.50 bits per heavy atom. The van der Waals surface area contributed by atoms with Gasteiger partial charge in [0.05, 0.1) is 6.10 Å². The van der Waals surface area contributed by atoms with Crippen molar-refractivity contribution >= 4 is 10.8 Å². The Bertz CT molecular complexity index is 1070. The summed E-state index contributed by atoms with van der Waals surface area (Å²) in [5.41, 5.74) is 6.06. The lowest BCUT2D eigenvalue weighted by atomic mass is 9.76. The molecule has 0 saturated heterocycles. The van der Waals surface area contributed by atoms with E-state index in [1.54, 1.807) is 6.20 Å². The maximum atomic E-state index is 14.2. The van der Waals surface area contributed by atoms with Crippen LogP contribution in [0.4, 0.5) is 8.78 Å². The zero-order valence-electron chi connectivity index (χ0n) is 15.6. The molecule has 1 aromatic heterocycles. The van der Waals surface area contributed by atoms with Crippen LogP contribution in [0.25, 0.3) is 10.8 Å². The standard InChI is InChI=1S/C22H22F2N2O2/c1-13-11-16-14(7-10-26-21(16)27)12-19(13)28-15-5-8-22(25,9-6-15)20-17(23)3-2-4-18(20)24/h2-4,7,10-12,15H,5-6,8-9,25H2,1H3,(H,26,27). The monoisotopic (exact) mass is 384 g/mol. The lowest BCUT2D eigenvalue weighted by Gasteiger charge is -2.38. The van der Waals surface area contributed by atoms with Crippen LogP contribution in [0.5, 0.6) is 5.75 Å². The summed E-state index contributed by atoms with van der Waals surface area (Å²) < 4.78 is 34.5. The molecular weight excluding hydrogens is 362 g/mol. The van der Waals surface area contributed by atoms with Gasteiger partial charge in [0.15, 0.2) is 0 Å². The van der Waals surface area contributed by atoms with Crippen molar-refractivity contribution in [3.8, 4) is 5.75 Å². The van der Waals surface area contributed by atoms with Crippen LogP contribution in [0.3, 0.4) is 0 Å². The molecule has 3 N–H and O–H groups in total. The highest BCUT2D eigenvalue weighted by Crippen LogP contribution is 2.39. The van der Waals surface area contributed by atoms with Crippen molar-refractivity contribution < 1.29 is 13.5 Å². The van der Waals surface area contributed by atoms with Gasteiger partial charge in [-0.05, 0) is 73.9 Å². The molecule has 3 aromatic rings. The normalized spacial score (nSPS) is 22.4. The van der Waals surface area contributed by atoms with Crippen LogP contribution in [-0.2, 0) is 5.54 Å². The zero-order chi connectivity index (χ0) is 19.9. The highest BCUT2D eigenvalue weighted by Gasteiger charge is 2.38. The number of rotatable bonds is 3. The molecule has 28 heavy (non-hydrogen) atoms. The Morgan fingerprint density at radius 1 is 1.14 bits per heavy atom. The van der Waals surface area contributed by atoms with Crippen molar-refractivity contribution in [3.63, 3.8) is 0 Å². The molecule has 6 heteroatoms. The van der Waals surface area contributed by atoms with Crippen LogP contribution in [0.1, 0.15) is 36.8 Å². The number of H-pyrrole nitrogens is 1. The molecule has 1 heterocycles. The van der Waals surface area contributed by atoms with Gasteiger partial charge in [0, 0.05) is 22.7 Å². The van der Waals surface area contributed by atoms with Crippen molar-refractivity contribution in [3.05, 3.63) is 75.7 Å². The number of fused-ring (bicyclic) bond motifs is 1. The van der Waals surface area contributed by atoms with Crippen molar-refractivity contribution in [2.45, 2.75) is 44.2 Å². The number of benzene rings is 2. The molecule has 0 spiro atoms. The third kappa shape index (κ3) is 3.29. The van der Waals surface area contributed by atoms with Crippen LogP contribution >= 0.6 is 0 Å². The minimum Gasteiger partial charge on any atom is -0.490 e. The molecule has 1 fully saturated rings. The third-order valence-corrected chi connectivity index (χ3v) is 5.65. The maximum Gasteiger partial charge on any atom is 0.255 e. The van der Waals surface area contributed by atoms with Gasteiger partial charge in [-0.1, -0.05) is 6.07 Å². The minimum absolute atomic E-state index is 0.0328. The number of aryl methyl sites for hydroxylation is 1. The van der Waals surface area contributed by atoms with Gasteiger partial charge in [0.2, 0.25) is 0 Å². The predicted octanol–water partition coefficient (Wildman–Crippen LogP) is 4.29. The summed E-state index contributed by atoms with van der Waals surface area (Å²) in [6, 6.07) is 9.34. The first kappa shape index (κ1) is 18.6. The summed E-state index contributed by atoms with van der Waals surface area (Å²) in [6.07, 6.45) is 3.57. The molecule has 0 amide bonds. The third-order valence-electron chi connectivity index (χ3n) is 5.65. The van der Waals surface area contributed by atoms with Crippen molar-refractivity contribution in [1.29, 1.82) is 0 Å². The van der Waals surface area contributed by atoms with E-state index in [1.807, 2.05) is 25.1 Å². The largest absolute Gasteiger partial charge is 0.490 e. The van der Waals surface area contributed by atoms with E-state index in [-0.39, 0.29) is 17.2 Å². The summed E-state index contributed by atoms with van der Waals surface area (Å²) in [6.45, 7) is 1.89. The van der Waals surface area contributed by atoms with Crippen molar-refractivity contribution in [1.82, 2.24) is 4.98 Å². The van der Waals surface area contributed by atoms with Gasteiger partial charge in [0.25, 0.3) is 5.56 Å². The fourth-order valence-electron chi connectivity index (χ4n) is 4.08. The van der Waals surface area contributed by atoms with Crippen molar-refractivity contribution in [2.24, 2.45) is 5.73 Å². The fourth-order valence-corrected chi connectivity index (χ4v) is 4.08. The number of halogens is 2. The molecule has 1 saturated carbocycles. The Hall–Kier alpha value is -2.73. The number of hydrogen-bond donors (Lipinski definition) is 2. The summed E-state index contributed by atoms with van der Waals surface area (Å²) in [5, 5.41) is 1.42. The molecule has 0 radical (unpaired) electrons. The first-order valence-electron chi connectivity index (χ1n) is 9.39. The maximum absolute atomic E-state index is 14.2. The first-order chi connectivity index (χ1) is 13.4. The van der Waals surface area contributed by atoms with E-state index in [1.165, 1.54) is 18.2 Å². The van der Waals surface area contributed by atoms with Crippen LogP contribution in [0.2, 0.25) is 0 Å². The highest BCUT2D eigenvalue weighted by atomic mass is 19.1. The highest BCUT2D eigenvalue weighted by molar-refractivity contribution is 5.83. The molecule has 0 unspecified atom stereocenters. The minimum atomic E-state index is -1.03. The van der Waals surface area contributed by atoms with E-state index >= 15 is 0 Å². The Kier molecular flexibility index (Phi) is 4.67. The topological polar surface area (TPSA) is 68.1 Å². The number of aromatic nitrogens is 1. The lowest BCUT2D eigenvalue weighted by Crippen LogP contribution is -2.44. The molecule has 4 nitrogen and oxygen atoms in total. The number of ether oxygens (including phenoxy) is 1. The smallest absolute Gasteiger partial charge is 0.255 e. The zero-order valence-corrected chi connectivity index (χ0v) is 15.6. The van der Waals surface area contributed by atoms with Gasteiger partial charge in [-0.2, -0.15) is 0 Å². The number of aromatic amines is 1. The molecular formula is C22H22F2N2O2. The summed E-state index contributed by atoms with van der Waals surface area (Å²) in [7, 11) is 0. The second-order valence-electron chi connectivity index (χ2n) is 7.58. The van der Waals surface area contributed by atoms with Gasteiger partial charge in [-0.15, -0.1) is 0 Å². The molecule has 2 aromatic carbocycles. The second kappa shape index (κ2) is 7.02. The number of pyridine rings is 1. The number of hydrogen-bond acceptors (Lipinski definition) is 3. The molecule has 0 bridgehead atoms. The van der Waals surface area contributed by atoms with E-state index in [0.717, 1.165) is 10.9 Å². The van der Waals surface area contributed by atoms with Gasteiger partial charge < -0.3 is 15.5 Å². The Labute approximate surface area is 161 Å². The first-order valence-corrected chi connectivity index (χ1v) is 9.39. The molecule has 1 aliphatic carbocycles. The average molecular weight is 384 g/mol. The lowest BCUT2D eigenvalue weighted by molar-refractivity contribution is 0.114. The Morgan fingerprint density at radius 2 is 1.82 bits per heavy atom. The average Bonchev–Trinajstić information content (AvgIpc) is 2.65. The quantitative estimate of drug-likeness (QED) is 0.708. The van der Waals surface area contributed by atoms with Crippen molar-refractivity contribution in [2.75, 3.05) is 0 Å². The van der Waals surface area contributed by atoms with Gasteiger partial charge in [0.1, 0.15) is 17.4 Å². The fraction of sp³-hybridized carbons (Fsp3) is 0.318. The van der Waals surface area contributed by atoms with E-state index in [2.05, 4.69) is 4.98 Å². The van der Waals surface area contributed by atoms with Crippen LogP contribution < -0.4 is 16.0 Å². The summed E-state index contributed by atoms with van der Waals surface area (Å²) in [4.78, 5) is 14.6. The summed E-state index contributed by atoms with van der Waals surface area (Å²) >= 11 is 0. The molecule has 1 aliphatic rings. The molecule has 0 atom stereocenters. The Balaban J connectivity index is 1.53. The second-order valence-corrected chi connectivity index (χ2v) is 7.58. The molecule has 4 rings (SSSR count).